The van der Waals surface area contributed by atoms with E-state index in [4.69, 9.17) is 23.6 Å². The van der Waals surface area contributed by atoms with Gasteiger partial charge in [-0.15, -0.1) is 0 Å². The van der Waals surface area contributed by atoms with Gasteiger partial charge in [0.15, 0.2) is 6.10 Å². The molecule has 0 aromatic heterocycles. The summed E-state index contributed by atoms with van der Waals surface area (Å²) >= 11 is 0. The molecule has 0 heterocycles. The second kappa shape index (κ2) is 42.7. The zero-order valence-electron chi connectivity index (χ0n) is 39.0. The highest BCUT2D eigenvalue weighted by Crippen LogP contribution is 2.38. The van der Waals surface area contributed by atoms with Crippen LogP contribution in [0.4, 0.5) is 0 Å². The standard InChI is InChI=1S/C50H88NO9P/c1-5-6-7-8-9-10-11-12-13-14-15-17-20-23-26-29-32-35-38-41-49(53)57-46-48(47-59-61(55,56)58-45-43-51(2,3)4)60-50(54)42-39-36-33-30-27-24-21-18-16-19-22-25-28-31-34-37-40-44-52/h9-10,12-13,16,19,21,24-25,28,30,33,48,52H,5-8,11,14-15,17-18,20,22-23,26-27,29,31-32,34-47H2,1-4H3/b10-9-,13-12-,19-16-,24-21-,28-25-,33-30-/t48-/m1/s1. The Labute approximate surface area is 372 Å². The Bertz CT molecular complexity index is 1270. The van der Waals surface area contributed by atoms with E-state index in [9.17, 15) is 19.0 Å². The molecule has 0 aliphatic rings. The predicted octanol–water partition coefficient (Wildman–Crippen LogP) is 12.1. The summed E-state index contributed by atoms with van der Waals surface area (Å²) in [4.78, 5) is 37.6. The largest absolute Gasteiger partial charge is 0.756 e. The number of aliphatic hydroxyl groups is 1. The third-order valence-electron chi connectivity index (χ3n) is 9.75. The van der Waals surface area contributed by atoms with E-state index in [2.05, 4.69) is 73.8 Å². The van der Waals surface area contributed by atoms with Crippen molar-refractivity contribution in [3.05, 3.63) is 72.9 Å². The van der Waals surface area contributed by atoms with Crippen molar-refractivity contribution in [3.8, 4) is 0 Å². The maximum absolute atomic E-state index is 12.7. The minimum atomic E-state index is -4.65. The number of unbranched alkanes of at least 4 members (excludes halogenated alkanes) is 16. The molecule has 0 fully saturated rings. The maximum Gasteiger partial charge on any atom is 0.306 e. The van der Waals surface area contributed by atoms with Gasteiger partial charge >= 0.3 is 11.9 Å². The Kier molecular flexibility index (Phi) is 40.9. The molecule has 0 radical (unpaired) electrons. The summed E-state index contributed by atoms with van der Waals surface area (Å²) in [5.74, 6) is -0.923. The van der Waals surface area contributed by atoms with Gasteiger partial charge in [0.1, 0.15) is 19.8 Å². The second-order valence-electron chi connectivity index (χ2n) is 16.8. The van der Waals surface area contributed by atoms with Crippen molar-refractivity contribution >= 4 is 19.8 Å². The van der Waals surface area contributed by atoms with Gasteiger partial charge in [-0.3, -0.25) is 14.2 Å². The molecule has 0 aliphatic heterocycles. The Morgan fingerprint density at radius 2 is 0.984 bits per heavy atom. The molecule has 2 atom stereocenters. The zero-order valence-corrected chi connectivity index (χ0v) is 39.9. The van der Waals surface area contributed by atoms with Crippen LogP contribution >= 0.6 is 7.82 Å². The highest BCUT2D eigenvalue weighted by atomic mass is 31.2. The van der Waals surface area contributed by atoms with Gasteiger partial charge in [-0.2, -0.15) is 0 Å². The van der Waals surface area contributed by atoms with Crippen molar-refractivity contribution in [2.75, 3.05) is 54.1 Å². The van der Waals surface area contributed by atoms with Crippen LogP contribution in [0, 0.1) is 0 Å². The first kappa shape index (κ1) is 58.4. The van der Waals surface area contributed by atoms with E-state index < -0.39 is 32.5 Å². The number of carbonyl (C=O) groups excluding carboxylic acids is 2. The normalized spacial score (nSPS) is 14.1. The molecule has 11 heteroatoms. The summed E-state index contributed by atoms with van der Waals surface area (Å²) in [5.41, 5.74) is 0. The molecule has 0 spiro atoms. The average Bonchev–Trinajstić information content (AvgIpc) is 3.21. The summed E-state index contributed by atoms with van der Waals surface area (Å²) in [6, 6.07) is 0. The van der Waals surface area contributed by atoms with Gasteiger partial charge in [-0.25, -0.2) is 0 Å². The summed E-state index contributed by atoms with van der Waals surface area (Å²) in [5, 5.41) is 8.81. The Morgan fingerprint density at radius 3 is 1.48 bits per heavy atom. The van der Waals surface area contributed by atoms with Gasteiger partial charge in [-0.05, 0) is 89.9 Å². The van der Waals surface area contributed by atoms with Crippen molar-refractivity contribution in [1.82, 2.24) is 0 Å². The molecule has 0 aromatic rings. The fourth-order valence-electron chi connectivity index (χ4n) is 6.01. The number of esters is 2. The number of hydrogen-bond acceptors (Lipinski definition) is 9. The second-order valence-corrected chi connectivity index (χ2v) is 18.2. The highest BCUT2D eigenvalue weighted by Gasteiger charge is 2.21. The van der Waals surface area contributed by atoms with E-state index in [0.717, 1.165) is 77.0 Å². The van der Waals surface area contributed by atoms with E-state index in [1.54, 1.807) is 0 Å². The molecule has 61 heavy (non-hydrogen) atoms. The third kappa shape index (κ3) is 46.7. The molecular weight excluding hydrogens is 790 g/mol. The summed E-state index contributed by atoms with van der Waals surface area (Å²) in [6.07, 6.45) is 50.9. The lowest BCUT2D eigenvalue weighted by atomic mass is 10.1. The number of phosphoric ester groups is 1. The van der Waals surface area contributed by atoms with Crippen molar-refractivity contribution in [2.24, 2.45) is 0 Å². The molecule has 0 amide bonds. The summed E-state index contributed by atoms with van der Waals surface area (Å²) < 4.78 is 33.9. The number of carbonyl (C=O) groups is 2. The summed E-state index contributed by atoms with van der Waals surface area (Å²) in [7, 11) is 1.10. The molecule has 0 aliphatic carbocycles. The smallest absolute Gasteiger partial charge is 0.306 e. The van der Waals surface area contributed by atoms with Crippen molar-refractivity contribution in [2.45, 2.75) is 180 Å². The number of hydrogen-bond donors (Lipinski definition) is 1. The Hall–Kier alpha value is -2.59. The van der Waals surface area contributed by atoms with Crippen LogP contribution in [-0.2, 0) is 32.7 Å². The van der Waals surface area contributed by atoms with E-state index >= 15 is 0 Å². The molecule has 10 nitrogen and oxygen atoms in total. The lowest BCUT2D eigenvalue weighted by molar-refractivity contribution is -0.870. The highest BCUT2D eigenvalue weighted by molar-refractivity contribution is 7.45. The van der Waals surface area contributed by atoms with Crippen LogP contribution in [0.3, 0.4) is 0 Å². The predicted molar refractivity (Wildman–Crippen MR) is 251 cm³/mol. The van der Waals surface area contributed by atoms with Gasteiger partial charge in [-0.1, -0.05) is 144 Å². The fraction of sp³-hybridized carbons (Fsp3) is 0.720. The van der Waals surface area contributed by atoms with Crippen LogP contribution in [0.2, 0.25) is 0 Å². The van der Waals surface area contributed by atoms with Gasteiger partial charge in [0.2, 0.25) is 0 Å². The van der Waals surface area contributed by atoms with Crippen LogP contribution in [0.25, 0.3) is 0 Å². The lowest BCUT2D eigenvalue weighted by Gasteiger charge is -2.28. The number of quaternary nitrogens is 1. The Morgan fingerprint density at radius 1 is 0.557 bits per heavy atom. The number of ether oxygens (including phenoxy) is 2. The van der Waals surface area contributed by atoms with E-state index in [1.807, 2.05) is 27.2 Å². The minimum Gasteiger partial charge on any atom is -0.756 e. The molecule has 1 N–H and O–H groups in total. The number of phosphoric acid groups is 1. The number of allylic oxidation sites excluding steroid dienone is 12. The fourth-order valence-corrected chi connectivity index (χ4v) is 6.74. The zero-order chi connectivity index (χ0) is 45.0. The molecule has 0 saturated carbocycles. The minimum absolute atomic E-state index is 0.0499. The monoisotopic (exact) mass is 878 g/mol. The first-order chi connectivity index (χ1) is 29.5. The van der Waals surface area contributed by atoms with Gasteiger partial charge in [0.05, 0.1) is 27.7 Å². The van der Waals surface area contributed by atoms with Crippen molar-refractivity contribution in [3.63, 3.8) is 0 Å². The van der Waals surface area contributed by atoms with Crippen LogP contribution < -0.4 is 4.89 Å². The van der Waals surface area contributed by atoms with Crippen molar-refractivity contribution < 1.29 is 47.2 Å². The van der Waals surface area contributed by atoms with E-state index in [1.165, 1.54) is 57.8 Å². The molecular formula is C50H88NO9P. The van der Waals surface area contributed by atoms with Crippen LogP contribution in [0.5, 0.6) is 0 Å². The molecule has 0 rings (SSSR count). The van der Waals surface area contributed by atoms with E-state index in [-0.39, 0.29) is 32.7 Å². The van der Waals surface area contributed by atoms with Crippen molar-refractivity contribution in [1.29, 1.82) is 0 Å². The van der Waals surface area contributed by atoms with Crippen LogP contribution in [0.1, 0.15) is 174 Å². The number of rotatable bonds is 43. The molecule has 352 valence electrons. The van der Waals surface area contributed by atoms with Gasteiger partial charge in [0.25, 0.3) is 7.82 Å². The number of aliphatic hydroxyl groups excluding tert-OH is 1. The third-order valence-corrected chi connectivity index (χ3v) is 10.7. The molecule has 1 unspecified atom stereocenters. The van der Waals surface area contributed by atoms with E-state index in [0.29, 0.717) is 30.3 Å². The van der Waals surface area contributed by atoms with Gasteiger partial charge in [0, 0.05) is 19.4 Å². The molecule has 0 bridgehead atoms. The number of likely N-dealkylation sites (N-methyl/N-ethyl adjacent to an activating group) is 1. The van der Waals surface area contributed by atoms with Crippen LogP contribution in [0.15, 0.2) is 72.9 Å². The average molecular weight is 878 g/mol. The van der Waals surface area contributed by atoms with Gasteiger partial charge < -0.3 is 33.0 Å². The Balaban J connectivity index is 4.40. The lowest BCUT2D eigenvalue weighted by Crippen LogP contribution is -2.37. The number of nitrogens with zero attached hydrogens (tertiary/aromatic N) is 1. The SMILES string of the molecule is CCCCC/C=C\C/C=C\CCCCCCCCCCCC(=O)OC[C@H](COP(=O)([O-])OCC[N+](C)(C)C)OC(=O)CCC/C=C\C/C=C\C/C=C\C/C=C\CCCCCO. The molecule has 0 aromatic carbocycles. The first-order valence-electron chi connectivity index (χ1n) is 23.8. The quantitative estimate of drug-likeness (QED) is 0.0209. The molecule has 0 saturated heterocycles. The first-order valence-corrected chi connectivity index (χ1v) is 25.2. The van der Waals surface area contributed by atoms with Crippen LogP contribution in [-0.4, -0.2) is 81.7 Å². The topological polar surface area (TPSA) is 131 Å². The maximum atomic E-state index is 12.7. The summed E-state index contributed by atoms with van der Waals surface area (Å²) in [6.45, 7) is 2.13.